The van der Waals surface area contributed by atoms with E-state index in [-0.39, 0.29) is 12.0 Å². The number of nitrogens with one attached hydrogen (secondary N) is 1. The largest absolute Gasteiger partial charge is 0.465 e. The highest BCUT2D eigenvalue weighted by Crippen LogP contribution is 2.24. The number of hydrogen-bond acceptors (Lipinski definition) is 3. The molecule has 0 aromatic heterocycles. The van der Waals surface area contributed by atoms with E-state index < -0.39 is 0 Å². The van der Waals surface area contributed by atoms with E-state index in [2.05, 4.69) is 53.8 Å². The molecule has 1 N–H and O–H groups in total. The highest BCUT2D eigenvalue weighted by Gasteiger charge is 2.13. The predicted octanol–water partition coefficient (Wildman–Crippen LogP) is 4.87. The molecule has 3 aromatic rings. The fourth-order valence-electron chi connectivity index (χ4n) is 2.81. The van der Waals surface area contributed by atoms with Gasteiger partial charge in [0, 0.05) is 5.69 Å². The molecule has 3 rings (SSSR count). The van der Waals surface area contributed by atoms with E-state index in [4.69, 9.17) is 4.74 Å². The average molecular weight is 331 g/mol. The average Bonchev–Trinajstić information content (AvgIpc) is 2.69. The van der Waals surface area contributed by atoms with Crippen LogP contribution in [0.25, 0.3) is 0 Å². The first-order chi connectivity index (χ1) is 12.3. The van der Waals surface area contributed by atoms with Gasteiger partial charge in [-0.1, -0.05) is 60.7 Å². The number of ether oxygens (including phenoxy) is 1. The van der Waals surface area contributed by atoms with Crippen LogP contribution >= 0.6 is 0 Å². The van der Waals surface area contributed by atoms with Crippen LogP contribution in [0.5, 0.6) is 0 Å². The number of anilines is 1. The number of carbonyl (C=O) groups is 1. The zero-order chi connectivity index (χ0) is 17.5. The number of esters is 1. The van der Waals surface area contributed by atoms with Crippen molar-refractivity contribution < 1.29 is 9.53 Å². The summed E-state index contributed by atoms with van der Waals surface area (Å²) < 4.78 is 4.75. The third-order valence-corrected chi connectivity index (χ3v) is 4.13. The Balaban J connectivity index is 1.81. The number of benzene rings is 3. The van der Waals surface area contributed by atoms with E-state index in [0.717, 1.165) is 12.1 Å². The quantitative estimate of drug-likeness (QED) is 0.655. The van der Waals surface area contributed by atoms with E-state index in [1.165, 1.54) is 18.2 Å². The number of methoxy groups -OCH3 is 1. The summed E-state index contributed by atoms with van der Waals surface area (Å²) in [6, 6.07) is 28.3. The monoisotopic (exact) mass is 331 g/mol. The lowest BCUT2D eigenvalue weighted by atomic mass is 9.98. The zero-order valence-electron chi connectivity index (χ0n) is 14.2. The van der Waals surface area contributed by atoms with Gasteiger partial charge in [-0.25, -0.2) is 4.79 Å². The SMILES string of the molecule is COC(=O)c1ccc(N[C@H](Cc2ccccc2)c2ccccc2)cc1. The molecule has 1 atom stereocenters. The maximum atomic E-state index is 11.6. The van der Waals surface area contributed by atoms with Crippen LogP contribution in [-0.2, 0) is 11.2 Å². The summed E-state index contributed by atoms with van der Waals surface area (Å²) in [5, 5.41) is 3.58. The summed E-state index contributed by atoms with van der Waals surface area (Å²) in [5.74, 6) is -0.324. The smallest absolute Gasteiger partial charge is 0.337 e. The van der Waals surface area contributed by atoms with Gasteiger partial charge < -0.3 is 10.1 Å². The van der Waals surface area contributed by atoms with Gasteiger partial charge in [-0.15, -0.1) is 0 Å². The summed E-state index contributed by atoms with van der Waals surface area (Å²) in [6.45, 7) is 0. The maximum Gasteiger partial charge on any atom is 0.337 e. The standard InChI is InChI=1S/C22H21NO2/c1-25-22(24)19-12-14-20(15-13-19)23-21(18-10-6-3-7-11-18)16-17-8-4-2-5-9-17/h2-15,21,23H,16H2,1H3/t21-/m1/s1. The summed E-state index contributed by atoms with van der Waals surface area (Å²) >= 11 is 0. The van der Waals surface area contributed by atoms with Gasteiger partial charge in [-0.3, -0.25) is 0 Å². The van der Waals surface area contributed by atoms with Crippen LogP contribution < -0.4 is 5.32 Å². The maximum absolute atomic E-state index is 11.6. The molecule has 0 unspecified atom stereocenters. The van der Waals surface area contributed by atoms with Gasteiger partial charge in [-0.05, 0) is 41.8 Å². The van der Waals surface area contributed by atoms with Gasteiger partial charge in [-0.2, -0.15) is 0 Å². The molecule has 0 saturated carbocycles. The number of hydrogen-bond donors (Lipinski definition) is 1. The number of carbonyl (C=O) groups excluding carboxylic acids is 1. The fraction of sp³-hybridized carbons (Fsp3) is 0.136. The van der Waals surface area contributed by atoms with Crippen molar-refractivity contribution in [3.8, 4) is 0 Å². The molecule has 0 fully saturated rings. The zero-order valence-corrected chi connectivity index (χ0v) is 14.2. The van der Waals surface area contributed by atoms with Gasteiger partial charge in [0.2, 0.25) is 0 Å². The van der Waals surface area contributed by atoms with Crippen molar-refractivity contribution in [2.75, 3.05) is 12.4 Å². The lowest BCUT2D eigenvalue weighted by Crippen LogP contribution is -2.14. The second kappa shape index (κ2) is 8.15. The Morgan fingerprint density at radius 2 is 1.48 bits per heavy atom. The molecule has 0 aliphatic carbocycles. The van der Waals surface area contributed by atoms with E-state index in [1.807, 2.05) is 24.3 Å². The Hall–Kier alpha value is -3.07. The van der Waals surface area contributed by atoms with Crippen molar-refractivity contribution in [2.45, 2.75) is 12.5 Å². The summed E-state index contributed by atoms with van der Waals surface area (Å²) in [7, 11) is 1.39. The third-order valence-electron chi connectivity index (χ3n) is 4.13. The van der Waals surface area contributed by atoms with Crippen molar-refractivity contribution in [3.05, 3.63) is 102 Å². The van der Waals surface area contributed by atoms with Crippen molar-refractivity contribution >= 4 is 11.7 Å². The van der Waals surface area contributed by atoms with Crippen LogP contribution in [0.15, 0.2) is 84.9 Å². The van der Waals surface area contributed by atoms with Gasteiger partial charge in [0.15, 0.2) is 0 Å². The van der Waals surface area contributed by atoms with Gasteiger partial charge in [0.05, 0.1) is 18.7 Å². The highest BCUT2D eigenvalue weighted by atomic mass is 16.5. The van der Waals surface area contributed by atoms with Crippen molar-refractivity contribution in [2.24, 2.45) is 0 Å². The van der Waals surface area contributed by atoms with Crippen LogP contribution in [0.2, 0.25) is 0 Å². The minimum absolute atomic E-state index is 0.146. The Morgan fingerprint density at radius 3 is 2.08 bits per heavy atom. The molecule has 0 heterocycles. The Morgan fingerprint density at radius 1 is 0.880 bits per heavy atom. The molecular weight excluding hydrogens is 310 g/mol. The first-order valence-electron chi connectivity index (χ1n) is 8.30. The van der Waals surface area contributed by atoms with Crippen LogP contribution in [0.3, 0.4) is 0 Å². The summed E-state index contributed by atoms with van der Waals surface area (Å²) in [6.07, 6.45) is 0.879. The van der Waals surface area contributed by atoms with Crippen LogP contribution in [0.4, 0.5) is 5.69 Å². The van der Waals surface area contributed by atoms with Gasteiger partial charge in [0.1, 0.15) is 0 Å². The fourth-order valence-corrected chi connectivity index (χ4v) is 2.81. The van der Waals surface area contributed by atoms with E-state index in [0.29, 0.717) is 5.56 Å². The highest BCUT2D eigenvalue weighted by molar-refractivity contribution is 5.89. The molecule has 0 spiro atoms. The molecule has 0 saturated heterocycles. The molecule has 3 heteroatoms. The Kier molecular flexibility index (Phi) is 5.47. The minimum Gasteiger partial charge on any atom is -0.465 e. The molecule has 0 bridgehead atoms. The molecule has 0 amide bonds. The van der Waals surface area contributed by atoms with E-state index in [9.17, 15) is 4.79 Å². The Labute approximate surface area is 148 Å². The van der Waals surface area contributed by atoms with E-state index in [1.54, 1.807) is 12.1 Å². The van der Waals surface area contributed by atoms with Crippen LogP contribution in [0, 0.1) is 0 Å². The molecule has 0 aliphatic heterocycles. The van der Waals surface area contributed by atoms with Gasteiger partial charge >= 0.3 is 5.97 Å². The first-order valence-corrected chi connectivity index (χ1v) is 8.30. The lowest BCUT2D eigenvalue weighted by molar-refractivity contribution is 0.0601. The van der Waals surface area contributed by atoms with Crippen molar-refractivity contribution in [3.63, 3.8) is 0 Å². The normalized spacial score (nSPS) is 11.6. The molecule has 126 valence electrons. The molecule has 3 nitrogen and oxygen atoms in total. The summed E-state index contributed by atoms with van der Waals surface area (Å²) in [5.41, 5.74) is 4.02. The predicted molar refractivity (Wildman–Crippen MR) is 101 cm³/mol. The molecule has 0 aliphatic rings. The summed E-state index contributed by atoms with van der Waals surface area (Å²) in [4.78, 5) is 11.6. The van der Waals surface area contributed by atoms with Crippen molar-refractivity contribution in [1.82, 2.24) is 0 Å². The van der Waals surface area contributed by atoms with Crippen LogP contribution in [0.1, 0.15) is 27.5 Å². The van der Waals surface area contributed by atoms with Gasteiger partial charge in [0.25, 0.3) is 0 Å². The molecule has 25 heavy (non-hydrogen) atoms. The second-order valence-electron chi connectivity index (χ2n) is 5.87. The second-order valence-corrected chi connectivity index (χ2v) is 5.87. The first kappa shape index (κ1) is 16.8. The molecule has 3 aromatic carbocycles. The minimum atomic E-state index is -0.324. The van der Waals surface area contributed by atoms with Crippen molar-refractivity contribution in [1.29, 1.82) is 0 Å². The number of rotatable bonds is 6. The topological polar surface area (TPSA) is 38.3 Å². The van der Waals surface area contributed by atoms with E-state index >= 15 is 0 Å². The molecular formula is C22H21NO2. The molecule has 0 radical (unpaired) electrons. The lowest BCUT2D eigenvalue weighted by Gasteiger charge is -2.21. The Bertz CT molecular complexity index is 798. The third kappa shape index (κ3) is 4.48. The van der Waals surface area contributed by atoms with Crippen LogP contribution in [-0.4, -0.2) is 13.1 Å².